The van der Waals surface area contributed by atoms with Crippen LogP contribution in [0.2, 0.25) is 0 Å². The van der Waals surface area contributed by atoms with E-state index in [2.05, 4.69) is 54.0 Å². The fourth-order valence-electron chi connectivity index (χ4n) is 3.89. The molecule has 5 aromatic rings. The third kappa shape index (κ3) is 4.51. The van der Waals surface area contributed by atoms with Crippen LogP contribution in [0.3, 0.4) is 0 Å². The van der Waals surface area contributed by atoms with Crippen LogP contribution in [0.1, 0.15) is 11.1 Å². The predicted molar refractivity (Wildman–Crippen MR) is 133 cm³/mol. The molecule has 2 nitrogen and oxygen atoms in total. The average molecular weight is 759 g/mol. The van der Waals surface area contributed by atoms with Crippen LogP contribution in [0.25, 0.3) is 33.3 Å². The Hall–Kier alpha value is -2.27. The van der Waals surface area contributed by atoms with E-state index in [1.54, 1.807) is 36.7 Å². The van der Waals surface area contributed by atoms with Crippen molar-refractivity contribution in [2.45, 2.75) is 5.92 Å². The number of halogens is 4. The number of pyridine rings is 2. The Balaban J connectivity index is 0.000000171. The summed E-state index contributed by atoms with van der Waals surface area (Å²) in [6.45, 7) is 0. The van der Waals surface area contributed by atoms with Crippen molar-refractivity contribution in [3.8, 4) is 22.5 Å². The van der Waals surface area contributed by atoms with Gasteiger partial charge in [0.2, 0.25) is 0 Å². The van der Waals surface area contributed by atoms with Crippen molar-refractivity contribution < 1.29 is 29.8 Å². The Morgan fingerprint density at radius 1 is 0.824 bits per heavy atom. The van der Waals surface area contributed by atoms with Crippen molar-refractivity contribution in [2.24, 2.45) is 0 Å². The summed E-state index contributed by atoms with van der Waals surface area (Å²) >= 11 is 6.64. The van der Waals surface area contributed by atoms with Crippen molar-refractivity contribution in [1.29, 1.82) is 0 Å². The molecular weight excluding hydrogens is 745 g/mol. The number of alkyl halides is 2. The third-order valence-electron chi connectivity index (χ3n) is 5.33. The Labute approximate surface area is 227 Å². The quantitative estimate of drug-likeness (QED) is 0.161. The molecule has 3 aromatic carbocycles. The van der Waals surface area contributed by atoms with Crippen molar-refractivity contribution in [3.63, 3.8) is 0 Å². The van der Waals surface area contributed by atoms with Gasteiger partial charge in [-0.3, -0.25) is 0 Å². The van der Waals surface area contributed by atoms with Crippen molar-refractivity contribution >= 4 is 42.6 Å². The molecule has 0 N–H and O–H groups in total. The van der Waals surface area contributed by atoms with E-state index in [-0.39, 0.29) is 32.2 Å². The maximum absolute atomic E-state index is 14.8. The zero-order valence-corrected chi connectivity index (χ0v) is 22.7. The van der Waals surface area contributed by atoms with Crippen LogP contribution >= 0.6 is 31.9 Å². The standard InChI is InChI=1S/C16H7BrF2N.C11H7BrN.Pt/c17-12-6-2-4-10-14(12)16(18,19)11-5-1-3-9-7-8-20-15(10)13(9)11;12-10-5-3-4-9(8-10)11-6-1-2-7-13-11;/h1-3,5-8H;1-3,5-8H;/q2*-1;+2. The second-order valence-corrected chi connectivity index (χ2v) is 9.12. The van der Waals surface area contributed by atoms with Gasteiger partial charge in [-0.25, -0.2) is 8.78 Å². The van der Waals surface area contributed by atoms with Crippen molar-refractivity contribution in [2.75, 3.05) is 0 Å². The van der Waals surface area contributed by atoms with Gasteiger partial charge in [0.1, 0.15) is 0 Å². The Morgan fingerprint density at radius 3 is 2.41 bits per heavy atom. The number of benzene rings is 3. The zero-order chi connectivity index (χ0) is 23.0. The van der Waals surface area contributed by atoms with Crippen LogP contribution in [-0.2, 0) is 27.0 Å². The molecule has 2 heterocycles. The molecule has 0 bridgehead atoms. The minimum Gasteiger partial charge on any atom is -0.305 e. The fraction of sp³-hybridized carbons (Fsp3) is 0.0370. The van der Waals surface area contributed by atoms with Gasteiger partial charge in [-0.05, 0) is 39.9 Å². The molecule has 0 fully saturated rings. The van der Waals surface area contributed by atoms with Gasteiger partial charge in [-0.2, -0.15) is 0 Å². The molecule has 2 aromatic heterocycles. The van der Waals surface area contributed by atoms with E-state index in [1.165, 1.54) is 6.07 Å². The number of hydrogen-bond acceptors (Lipinski definition) is 2. The van der Waals surface area contributed by atoms with E-state index < -0.39 is 5.92 Å². The van der Waals surface area contributed by atoms with Gasteiger partial charge >= 0.3 is 21.1 Å². The van der Waals surface area contributed by atoms with Gasteiger partial charge in [-0.1, -0.05) is 71.1 Å². The summed E-state index contributed by atoms with van der Waals surface area (Å²) in [7, 11) is 0. The smallest absolute Gasteiger partial charge is 0.305 e. The summed E-state index contributed by atoms with van der Waals surface area (Å²) in [5, 5.41) is 1.29. The van der Waals surface area contributed by atoms with E-state index in [0.29, 0.717) is 21.1 Å². The molecule has 0 spiro atoms. The van der Waals surface area contributed by atoms with Crippen molar-refractivity contribution in [1.82, 2.24) is 9.97 Å². The topological polar surface area (TPSA) is 25.8 Å². The first-order chi connectivity index (χ1) is 16.0. The second-order valence-electron chi connectivity index (χ2n) is 7.35. The van der Waals surface area contributed by atoms with Gasteiger partial charge in [-0.15, -0.1) is 53.6 Å². The third-order valence-corrected chi connectivity index (χ3v) is 6.48. The normalized spacial score (nSPS) is 12.7. The number of fused-ring (bicyclic) bond motifs is 2. The van der Waals surface area contributed by atoms with Crippen LogP contribution in [0.15, 0.2) is 94.1 Å². The number of aromatic nitrogens is 2. The number of hydrogen-bond donors (Lipinski definition) is 0. The first-order valence-electron chi connectivity index (χ1n) is 10.0. The van der Waals surface area contributed by atoms with Crippen LogP contribution in [-0.4, -0.2) is 9.97 Å². The second kappa shape index (κ2) is 10.1. The molecule has 0 radical (unpaired) electrons. The molecule has 1 aliphatic rings. The van der Waals surface area contributed by atoms with Gasteiger partial charge in [0.15, 0.2) is 0 Å². The molecule has 0 saturated carbocycles. The molecular formula is C27H14Br2F2N2Pt. The van der Waals surface area contributed by atoms with E-state index >= 15 is 0 Å². The molecule has 0 atom stereocenters. The number of nitrogens with zero attached hydrogens (tertiary/aromatic N) is 2. The molecule has 7 heteroatoms. The fourth-order valence-corrected chi connectivity index (χ4v) is 4.83. The van der Waals surface area contributed by atoms with Crippen LogP contribution < -0.4 is 0 Å². The minimum atomic E-state index is -3.05. The molecule has 6 rings (SSSR count). The first kappa shape index (κ1) is 24.8. The Bertz CT molecular complexity index is 1470. The molecule has 170 valence electrons. The summed E-state index contributed by atoms with van der Waals surface area (Å²) < 4.78 is 31.1. The van der Waals surface area contributed by atoms with Gasteiger partial charge in [0.05, 0.1) is 0 Å². The summed E-state index contributed by atoms with van der Waals surface area (Å²) in [6.07, 6.45) is 3.42. The summed E-state index contributed by atoms with van der Waals surface area (Å²) in [4.78, 5) is 8.54. The summed E-state index contributed by atoms with van der Waals surface area (Å²) in [5.41, 5.74) is 2.84. The Morgan fingerprint density at radius 2 is 1.65 bits per heavy atom. The largest absolute Gasteiger partial charge is 2.00 e. The maximum Gasteiger partial charge on any atom is 2.00 e. The SMILES string of the molecule is Brc1cc[c-]c(-c2ccccn2)c1.FC1(F)c2c([c-]ccc2Br)-c2nccc3cccc1c23.[Pt+2]. The molecule has 0 saturated heterocycles. The molecule has 0 unspecified atom stereocenters. The van der Waals surface area contributed by atoms with E-state index in [1.807, 2.05) is 42.5 Å². The Kier molecular flexibility index (Phi) is 7.41. The van der Waals surface area contributed by atoms with Crippen molar-refractivity contribution in [3.05, 3.63) is 117 Å². The minimum absolute atomic E-state index is 0. The van der Waals surface area contributed by atoms with Crippen LogP contribution in [0.4, 0.5) is 8.78 Å². The van der Waals surface area contributed by atoms with E-state index in [4.69, 9.17) is 0 Å². The van der Waals surface area contributed by atoms with Crippen LogP contribution in [0.5, 0.6) is 0 Å². The molecule has 0 amide bonds. The van der Waals surface area contributed by atoms with Gasteiger partial charge in [0, 0.05) is 18.0 Å². The summed E-state index contributed by atoms with van der Waals surface area (Å²) in [5.74, 6) is -3.05. The van der Waals surface area contributed by atoms with E-state index in [0.717, 1.165) is 21.1 Å². The van der Waals surface area contributed by atoms with Crippen LogP contribution in [0, 0.1) is 12.1 Å². The predicted octanol–water partition coefficient (Wildman–Crippen LogP) is 8.23. The van der Waals surface area contributed by atoms with Gasteiger partial charge < -0.3 is 9.97 Å². The summed E-state index contributed by atoms with van der Waals surface area (Å²) in [6, 6.07) is 27.6. The van der Waals surface area contributed by atoms with Gasteiger partial charge in [0.25, 0.3) is 5.92 Å². The zero-order valence-electron chi connectivity index (χ0n) is 17.3. The molecule has 0 aliphatic heterocycles. The average Bonchev–Trinajstić information content (AvgIpc) is 2.83. The first-order valence-corrected chi connectivity index (χ1v) is 11.6. The van der Waals surface area contributed by atoms with E-state index in [9.17, 15) is 8.78 Å². The monoisotopic (exact) mass is 757 g/mol. The molecule has 1 aliphatic carbocycles. The number of rotatable bonds is 1. The maximum atomic E-state index is 14.8. The molecule has 34 heavy (non-hydrogen) atoms.